The second-order valence-corrected chi connectivity index (χ2v) is 8.22. The number of nitrogens with two attached hydrogens (primary N) is 1. The number of amides is 1. The number of nitrogen functional groups attached to an aromatic ring is 1. The second-order valence-electron chi connectivity index (χ2n) is 4.77. The molecule has 0 aliphatic heterocycles. The maximum absolute atomic E-state index is 11.9. The highest BCUT2D eigenvalue weighted by atomic mass is 32.2. The van der Waals surface area contributed by atoms with Crippen molar-refractivity contribution in [3.05, 3.63) is 35.7 Å². The lowest BCUT2D eigenvalue weighted by atomic mass is 10.2. The van der Waals surface area contributed by atoms with Crippen LogP contribution in [0.5, 0.6) is 0 Å². The van der Waals surface area contributed by atoms with Crippen LogP contribution >= 0.6 is 0 Å². The molecule has 0 bridgehead atoms. The number of nitrogens with one attached hydrogen (secondary N) is 2. The predicted octanol–water partition coefficient (Wildman–Crippen LogP) is -0.607. The molecule has 0 aliphatic carbocycles. The summed E-state index contributed by atoms with van der Waals surface area (Å²) >= 11 is 0. The van der Waals surface area contributed by atoms with E-state index >= 15 is 0 Å². The highest BCUT2D eigenvalue weighted by Gasteiger charge is 2.16. The van der Waals surface area contributed by atoms with Crippen molar-refractivity contribution >= 4 is 31.5 Å². The average Bonchev–Trinajstić information content (AvgIpc) is 2.49. The highest BCUT2D eigenvalue weighted by Crippen LogP contribution is 2.19. The SMILES string of the molecule is C=CS(=O)(=O)CCNCCNC(=O)c1ccc(N)c(S(=O)(=O)O)c1. The van der Waals surface area contributed by atoms with Gasteiger partial charge in [-0.3, -0.25) is 9.35 Å². The second kappa shape index (κ2) is 8.24. The molecule has 1 aromatic carbocycles. The molecule has 0 saturated carbocycles. The van der Waals surface area contributed by atoms with Gasteiger partial charge in [-0.25, -0.2) is 8.42 Å². The molecule has 0 aliphatic rings. The molecule has 0 spiro atoms. The Morgan fingerprint density at radius 2 is 1.88 bits per heavy atom. The van der Waals surface area contributed by atoms with Crippen LogP contribution in [0.3, 0.4) is 0 Å². The molecule has 5 N–H and O–H groups in total. The van der Waals surface area contributed by atoms with Crippen molar-refractivity contribution in [3.8, 4) is 0 Å². The first-order valence-electron chi connectivity index (χ1n) is 6.78. The van der Waals surface area contributed by atoms with Crippen LogP contribution in [0.1, 0.15) is 10.4 Å². The van der Waals surface area contributed by atoms with Crippen molar-refractivity contribution in [3.63, 3.8) is 0 Å². The molecule has 0 atom stereocenters. The fourth-order valence-corrected chi connectivity index (χ4v) is 2.93. The van der Waals surface area contributed by atoms with Crippen LogP contribution in [0.25, 0.3) is 0 Å². The van der Waals surface area contributed by atoms with Crippen molar-refractivity contribution in [1.82, 2.24) is 10.6 Å². The van der Waals surface area contributed by atoms with Gasteiger partial charge in [0.1, 0.15) is 4.90 Å². The van der Waals surface area contributed by atoms with E-state index in [0.717, 1.165) is 11.5 Å². The molecular formula is C13H19N3O6S2. The quantitative estimate of drug-likeness (QED) is 0.252. The standard InChI is InChI=1S/C13H19N3O6S2/c1-2-23(18,19)8-7-15-5-6-16-13(17)10-3-4-11(14)12(9-10)24(20,21)22/h2-4,9,15H,1,5-8,14H2,(H,16,17)(H,20,21,22). The molecule has 0 saturated heterocycles. The third-order valence-corrected chi connectivity index (χ3v) is 5.15. The van der Waals surface area contributed by atoms with Crippen molar-refractivity contribution in [1.29, 1.82) is 0 Å². The average molecular weight is 377 g/mol. The summed E-state index contributed by atoms with van der Waals surface area (Å²) in [5.41, 5.74) is 5.29. The number of hydrogen-bond donors (Lipinski definition) is 4. The topological polar surface area (TPSA) is 156 Å². The third kappa shape index (κ3) is 6.28. The minimum atomic E-state index is -4.52. The van der Waals surface area contributed by atoms with Crippen molar-refractivity contribution in [2.45, 2.75) is 4.90 Å². The van der Waals surface area contributed by atoms with Gasteiger partial charge >= 0.3 is 0 Å². The predicted molar refractivity (Wildman–Crippen MR) is 89.9 cm³/mol. The van der Waals surface area contributed by atoms with E-state index in [0.29, 0.717) is 6.54 Å². The lowest BCUT2D eigenvalue weighted by molar-refractivity contribution is 0.0954. The fourth-order valence-electron chi connectivity index (χ4n) is 1.69. The lowest BCUT2D eigenvalue weighted by Gasteiger charge is -2.08. The molecule has 9 nitrogen and oxygen atoms in total. The number of anilines is 1. The summed E-state index contributed by atoms with van der Waals surface area (Å²) in [6.07, 6.45) is 0. The summed E-state index contributed by atoms with van der Waals surface area (Å²) in [7, 11) is -7.79. The zero-order valence-corrected chi connectivity index (χ0v) is 14.4. The van der Waals surface area contributed by atoms with Crippen molar-refractivity contribution in [2.75, 3.05) is 31.1 Å². The molecule has 1 rings (SSSR count). The molecule has 0 unspecified atom stereocenters. The van der Waals surface area contributed by atoms with Gasteiger partial charge in [0.2, 0.25) is 0 Å². The Bertz CT molecular complexity index is 818. The third-order valence-electron chi connectivity index (χ3n) is 2.96. The van der Waals surface area contributed by atoms with Gasteiger partial charge < -0.3 is 16.4 Å². The van der Waals surface area contributed by atoms with Crippen LogP contribution in [-0.2, 0) is 20.0 Å². The number of carbonyl (C=O) groups is 1. The molecule has 1 amide bonds. The van der Waals surface area contributed by atoms with Gasteiger partial charge in [-0.2, -0.15) is 8.42 Å². The summed E-state index contributed by atoms with van der Waals surface area (Å²) < 4.78 is 53.6. The van der Waals surface area contributed by atoms with Gasteiger partial charge in [-0.15, -0.1) is 0 Å². The molecule has 0 radical (unpaired) electrons. The summed E-state index contributed by atoms with van der Waals surface area (Å²) in [5, 5.41) is 6.23. The summed E-state index contributed by atoms with van der Waals surface area (Å²) in [6.45, 7) is 3.91. The van der Waals surface area contributed by atoms with E-state index in [1.165, 1.54) is 12.1 Å². The zero-order valence-electron chi connectivity index (χ0n) is 12.7. The molecule has 0 fully saturated rings. The Balaban J connectivity index is 2.51. The van der Waals surface area contributed by atoms with E-state index in [-0.39, 0.29) is 30.1 Å². The summed E-state index contributed by atoms with van der Waals surface area (Å²) in [4.78, 5) is 11.4. The largest absolute Gasteiger partial charge is 0.398 e. The van der Waals surface area contributed by atoms with Gasteiger partial charge in [0.05, 0.1) is 11.4 Å². The number of benzene rings is 1. The molecule has 11 heteroatoms. The Morgan fingerprint density at radius 1 is 1.21 bits per heavy atom. The van der Waals surface area contributed by atoms with E-state index in [2.05, 4.69) is 17.2 Å². The smallest absolute Gasteiger partial charge is 0.296 e. The molecular weight excluding hydrogens is 358 g/mol. The first-order chi connectivity index (χ1) is 11.1. The minimum absolute atomic E-state index is 0.0195. The van der Waals surface area contributed by atoms with Gasteiger partial charge in [-0.1, -0.05) is 6.58 Å². The van der Waals surface area contributed by atoms with Crippen LogP contribution in [0.4, 0.5) is 5.69 Å². The lowest BCUT2D eigenvalue weighted by Crippen LogP contribution is -2.33. The number of rotatable bonds is 9. The molecule has 0 aromatic heterocycles. The van der Waals surface area contributed by atoms with Gasteiger partial charge in [0.15, 0.2) is 9.84 Å². The number of hydrogen-bond acceptors (Lipinski definition) is 7. The van der Waals surface area contributed by atoms with Crippen LogP contribution in [0.15, 0.2) is 35.1 Å². The fraction of sp³-hybridized carbons (Fsp3) is 0.308. The highest BCUT2D eigenvalue weighted by molar-refractivity contribution is 7.94. The van der Waals surface area contributed by atoms with E-state index in [1.807, 2.05) is 0 Å². The van der Waals surface area contributed by atoms with E-state index < -0.39 is 30.8 Å². The van der Waals surface area contributed by atoms with Gasteiger partial charge in [0, 0.05) is 30.6 Å². The molecule has 24 heavy (non-hydrogen) atoms. The monoisotopic (exact) mass is 377 g/mol. The Morgan fingerprint density at radius 3 is 2.46 bits per heavy atom. The maximum atomic E-state index is 11.9. The van der Waals surface area contributed by atoms with Crippen LogP contribution in [0.2, 0.25) is 0 Å². The molecule has 134 valence electrons. The molecule has 1 aromatic rings. The Kier molecular flexibility index (Phi) is 6.90. The molecule has 0 heterocycles. The normalized spacial score (nSPS) is 11.9. The van der Waals surface area contributed by atoms with Gasteiger partial charge in [0.25, 0.3) is 16.0 Å². The Hall–Kier alpha value is -1.95. The maximum Gasteiger partial charge on any atom is 0.296 e. The van der Waals surface area contributed by atoms with E-state index in [4.69, 9.17) is 10.3 Å². The first-order valence-corrected chi connectivity index (χ1v) is 9.93. The zero-order chi connectivity index (χ0) is 18.4. The van der Waals surface area contributed by atoms with Crippen LogP contribution < -0.4 is 16.4 Å². The number of sulfone groups is 1. The number of carbonyl (C=O) groups excluding carboxylic acids is 1. The Labute approximate surface area is 140 Å². The van der Waals surface area contributed by atoms with Crippen molar-refractivity contribution < 1.29 is 26.2 Å². The minimum Gasteiger partial charge on any atom is -0.398 e. The summed E-state index contributed by atoms with van der Waals surface area (Å²) in [6, 6.07) is 3.50. The summed E-state index contributed by atoms with van der Waals surface area (Å²) in [5.74, 6) is -0.652. The first kappa shape index (κ1) is 20.1. The van der Waals surface area contributed by atoms with Crippen LogP contribution in [-0.4, -0.2) is 52.7 Å². The van der Waals surface area contributed by atoms with E-state index in [9.17, 15) is 21.6 Å². The van der Waals surface area contributed by atoms with E-state index in [1.54, 1.807) is 0 Å². The van der Waals surface area contributed by atoms with Gasteiger partial charge in [-0.05, 0) is 18.2 Å². The van der Waals surface area contributed by atoms with Crippen LogP contribution in [0, 0.1) is 0 Å². The van der Waals surface area contributed by atoms with Crippen molar-refractivity contribution in [2.24, 2.45) is 0 Å².